The summed E-state index contributed by atoms with van der Waals surface area (Å²) in [6.45, 7) is 4.19. The van der Waals surface area contributed by atoms with Crippen molar-refractivity contribution in [3.63, 3.8) is 0 Å². The maximum atomic E-state index is 12.8. The van der Waals surface area contributed by atoms with Gasteiger partial charge in [0.25, 0.3) is 5.91 Å². The van der Waals surface area contributed by atoms with E-state index in [0.29, 0.717) is 22.7 Å². The molecular formula is C23H24ClN3O3. The Kier molecular flexibility index (Phi) is 7.25. The Hall–Kier alpha value is -3.12. The first-order chi connectivity index (χ1) is 14.4. The second-order valence-corrected chi connectivity index (χ2v) is 7.60. The number of carbonyl (C=O) groups is 2. The van der Waals surface area contributed by atoms with Gasteiger partial charge in [0.2, 0.25) is 0 Å². The van der Waals surface area contributed by atoms with Crippen molar-refractivity contribution in [2.24, 2.45) is 0 Å². The van der Waals surface area contributed by atoms with Crippen LogP contribution in [0.25, 0.3) is 0 Å². The third-order valence-corrected chi connectivity index (χ3v) is 4.79. The van der Waals surface area contributed by atoms with Gasteiger partial charge in [-0.05, 0) is 49.2 Å². The highest BCUT2D eigenvalue weighted by Gasteiger charge is 2.22. The number of aromatic nitrogens is 2. The van der Waals surface area contributed by atoms with E-state index in [-0.39, 0.29) is 18.4 Å². The van der Waals surface area contributed by atoms with Crippen LogP contribution < -0.4 is 5.32 Å². The van der Waals surface area contributed by atoms with Gasteiger partial charge in [0.15, 0.2) is 0 Å². The van der Waals surface area contributed by atoms with Crippen molar-refractivity contribution in [2.45, 2.75) is 39.0 Å². The highest BCUT2D eigenvalue weighted by Crippen LogP contribution is 2.26. The molecule has 2 aromatic carbocycles. The topological polar surface area (TPSA) is 73.2 Å². The molecule has 30 heavy (non-hydrogen) atoms. The van der Waals surface area contributed by atoms with Gasteiger partial charge in [-0.15, -0.1) is 0 Å². The minimum absolute atomic E-state index is 0.00889. The van der Waals surface area contributed by atoms with Crippen molar-refractivity contribution in [3.8, 4) is 0 Å². The van der Waals surface area contributed by atoms with Crippen LogP contribution in [0.1, 0.15) is 47.8 Å². The molecule has 3 aromatic rings. The molecule has 0 radical (unpaired) electrons. The van der Waals surface area contributed by atoms with E-state index in [1.54, 1.807) is 50.4 Å². The van der Waals surface area contributed by atoms with Crippen LogP contribution in [0.3, 0.4) is 0 Å². The molecule has 0 spiro atoms. The minimum Gasteiger partial charge on any atom is -0.463 e. The first-order valence-electron chi connectivity index (χ1n) is 9.73. The molecule has 6 nitrogen and oxygen atoms in total. The predicted octanol–water partition coefficient (Wildman–Crippen LogP) is 4.40. The van der Waals surface area contributed by atoms with Gasteiger partial charge in [-0.25, -0.2) is 0 Å². The standard InChI is InChI=1S/C23H24ClN3O3/c1-16(2)30-22(28)14-21(19-6-3-4-7-20(19)24)26-23(29)18-10-8-17(9-11-18)15-27-13-5-12-25-27/h3-13,16,21H,14-15H2,1-2H3,(H,26,29). The zero-order valence-corrected chi connectivity index (χ0v) is 17.7. The van der Waals surface area contributed by atoms with Crippen LogP contribution in [0.5, 0.6) is 0 Å². The zero-order valence-electron chi connectivity index (χ0n) is 16.9. The van der Waals surface area contributed by atoms with E-state index in [1.165, 1.54) is 0 Å². The van der Waals surface area contributed by atoms with Crippen LogP contribution in [0, 0.1) is 0 Å². The molecule has 3 rings (SSSR count). The van der Waals surface area contributed by atoms with Crippen LogP contribution in [-0.2, 0) is 16.1 Å². The van der Waals surface area contributed by atoms with Crippen LogP contribution >= 0.6 is 11.6 Å². The van der Waals surface area contributed by atoms with Crippen LogP contribution in [0.15, 0.2) is 67.0 Å². The number of rotatable bonds is 8. The maximum absolute atomic E-state index is 12.8. The Morgan fingerprint density at radius 1 is 1.10 bits per heavy atom. The lowest BCUT2D eigenvalue weighted by Crippen LogP contribution is -2.31. The van der Waals surface area contributed by atoms with Crippen molar-refractivity contribution in [2.75, 3.05) is 0 Å². The number of nitrogens with zero attached hydrogens (tertiary/aromatic N) is 2. The summed E-state index contributed by atoms with van der Waals surface area (Å²) in [6.07, 6.45) is 3.36. The van der Waals surface area contributed by atoms with Gasteiger partial charge in [0.1, 0.15) is 0 Å². The largest absolute Gasteiger partial charge is 0.463 e. The van der Waals surface area contributed by atoms with E-state index in [2.05, 4.69) is 10.4 Å². The van der Waals surface area contributed by atoms with Crippen LogP contribution in [0.2, 0.25) is 5.02 Å². The molecule has 0 bridgehead atoms. The summed E-state index contributed by atoms with van der Waals surface area (Å²) in [5.41, 5.74) is 2.19. The quantitative estimate of drug-likeness (QED) is 0.543. The first kappa shape index (κ1) is 21.6. The van der Waals surface area contributed by atoms with Crippen molar-refractivity contribution < 1.29 is 14.3 Å². The lowest BCUT2D eigenvalue weighted by Gasteiger charge is -2.20. The molecule has 0 saturated carbocycles. The van der Waals surface area contributed by atoms with Crippen LogP contribution in [-0.4, -0.2) is 27.8 Å². The summed E-state index contributed by atoms with van der Waals surface area (Å²) < 4.78 is 7.06. The van der Waals surface area contributed by atoms with Gasteiger partial charge in [-0.2, -0.15) is 5.10 Å². The van der Waals surface area contributed by atoms with Crippen molar-refractivity contribution in [1.82, 2.24) is 15.1 Å². The van der Waals surface area contributed by atoms with Gasteiger partial charge in [0, 0.05) is 23.0 Å². The fraction of sp³-hybridized carbons (Fsp3) is 0.261. The van der Waals surface area contributed by atoms with Gasteiger partial charge in [-0.1, -0.05) is 41.9 Å². The molecule has 1 N–H and O–H groups in total. The monoisotopic (exact) mass is 425 g/mol. The molecule has 0 aliphatic heterocycles. The predicted molar refractivity (Wildman–Crippen MR) is 115 cm³/mol. The summed E-state index contributed by atoms with van der Waals surface area (Å²) in [7, 11) is 0. The SMILES string of the molecule is CC(C)OC(=O)CC(NC(=O)c1ccc(Cn2cccn2)cc1)c1ccccc1Cl. The lowest BCUT2D eigenvalue weighted by atomic mass is 10.0. The van der Waals surface area contributed by atoms with E-state index in [4.69, 9.17) is 16.3 Å². The van der Waals surface area contributed by atoms with E-state index in [9.17, 15) is 9.59 Å². The summed E-state index contributed by atoms with van der Waals surface area (Å²) in [4.78, 5) is 25.1. The first-order valence-corrected chi connectivity index (χ1v) is 10.1. The number of carbonyl (C=O) groups excluding carboxylic acids is 2. The summed E-state index contributed by atoms with van der Waals surface area (Å²) in [6, 6.07) is 15.7. The smallest absolute Gasteiger partial charge is 0.308 e. The number of esters is 1. The molecule has 1 amide bonds. The Morgan fingerprint density at radius 2 is 1.83 bits per heavy atom. The molecule has 0 aliphatic carbocycles. The Bertz CT molecular complexity index is 985. The fourth-order valence-corrected chi connectivity index (χ4v) is 3.33. The van der Waals surface area contributed by atoms with E-state index in [1.807, 2.05) is 35.1 Å². The summed E-state index contributed by atoms with van der Waals surface area (Å²) >= 11 is 6.31. The average Bonchev–Trinajstić information content (AvgIpc) is 3.21. The molecule has 156 valence electrons. The summed E-state index contributed by atoms with van der Waals surface area (Å²) in [5, 5.41) is 7.58. The Balaban J connectivity index is 1.73. The van der Waals surface area contributed by atoms with E-state index in [0.717, 1.165) is 5.56 Å². The van der Waals surface area contributed by atoms with Crippen molar-refractivity contribution in [3.05, 3.63) is 88.7 Å². The zero-order chi connectivity index (χ0) is 21.5. The molecule has 0 saturated heterocycles. The van der Waals surface area contributed by atoms with Gasteiger partial charge >= 0.3 is 5.97 Å². The molecule has 1 aromatic heterocycles. The van der Waals surface area contributed by atoms with E-state index >= 15 is 0 Å². The normalized spacial score (nSPS) is 11.9. The third kappa shape index (κ3) is 5.94. The molecule has 7 heteroatoms. The lowest BCUT2D eigenvalue weighted by molar-refractivity contribution is -0.147. The second kappa shape index (κ2) is 10.1. The highest BCUT2D eigenvalue weighted by atomic mass is 35.5. The second-order valence-electron chi connectivity index (χ2n) is 7.19. The number of halogens is 1. The van der Waals surface area contributed by atoms with Gasteiger partial charge in [-0.3, -0.25) is 14.3 Å². The molecule has 1 atom stereocenters. The highest BCUT2D eigenvalue weighted by molar-refractivity contribution is 6.31. The van der Waals surface area contributed by atoms with E-state index < -0.39 is 12.0 Å². The number of ether oxygens (including phenoxy) is 1. The Morgan fingerprint density at radius 3 is 2.47 bits per heavy atom. The Labute approximate surface area is 180 Å². The molecule has 0 aliphatic rings. The average molecular weight is 426 g/mol. The van der Waals surface area contributed by atoms with Crippen molar-refractivity contribution >= 4 is 23.5 Å². The minimum atomic E-state index is -0.596. The molecular weight excluding hydrogens is 402 g/mol. The third-order valence-electron chi connectivity index (χ3n) is 4.44. The van der Waals surface area contributed by atoms with Gasteiger partial charge < -0.3 is 10.1 Å². The fourth-order valence-electron chi connectivity index (χ4n) is 3.06. The number of nitrogens with one attached hydrogen (secondary N) is 1. The molecule has 1 unspecified atom stereocenters. The maximum Gasteiger partial charge on any atom is 0.308 e. The summed E-state index contributed by atoms with van der Waals surface area (Å²) in [5.74, 6) is -0.687. The number of hydrogen-bond donors (Lipinski definition) is 1. The number of benzene rings is 2. The van der Waals surface area contributed by atoms with Gasteiger partial charge in [0.05, 0.1) is 25.1 Å². The molecule has 1 heterocycles. The number of amides is 1. The molecule has 0 fully saturated rings. The van der Waals surface area contributed by atoms with Crippen LogP contribution in [0.4, 0.5) is 0 Å². The number of hydrogen-bond acceptors (Lipinski definition) is 4. The van der Waals surface area contributed by atoms with Crippen molar-refractivity contribution in [1.29, 1.82) is 0 Å².